The fourth-order valence-corrected chi connectivity index (χ4v) is 6.04. The van der Waals surface area contributed by atoms with Gasteiger partial charge in [0.2, 0.25) is 0 Å². The summed E-state index contributed by atoms with van der Waals surface area (Å²) in [6, 6.07) is 6.59. The lowest BCUT2D eigenvalue weighted by Gasteiger charge is -2.21. The van der Waals surface area contributed by atoms with E-state index in [1.807, 2.05) is 6.92 Å². The van der Waals surface area contributed by atoms with Gasteiger partial charge in [0.05, 0.1) is 11.7 Å². The molecule has 2 heterocycles. The van der Waals surface area contributed by atoms with Gasteiger partial charge < -0.3 is 4.74 Å². The van der Waals surface area contributed by atoms with Crippen LogP contribution in [-0.4, -0.2) is 21.6 Å². The van der Waals surface area contributed by atoms with E-state index in [0.717, 1.165) is 59.4 Å². The molecule has 0 spiro atoms. The van der Waals surface area contributed by atoms with Crippen LogP contribution in [0.5, 0.6) is 0 Å². The van der Waals surface area contributed by atoms with E-state index >= 15 is 0 Å². The number of hydrogen-bond donors (Lipinski definition) is 0. The molecule has 31 heavy (non-hydrogen) atoms. The number of nitrogens with zero attached hydrogens (tertiary/aromatic N) is 2. The minimum Gasteiger partial charge on any atom is -0.461 e. The summed E-state index contributed by atoms with van der Waals surface area (Å²) in [5.74, 6) is -0.350. The number of esters is 1. The zero-order valence-corrected chi connectivity index (χ0v) is 18.8. The highest BCUT2D eigenvalue weighted by atomic mass is 32.1. The number of hydrogen-bond acceptors (Lipinski definition) is 5. The molecule has 1 fully saturated rings. The molecule has 1 aromatic carbocycles. The number of aryl methyl sites for hydroxylation is 3. The Balaban J connectivity index is 1.48. The van der Waals surface area contributed by atoms with Crippen LogP contribution in [0.1, 0.15) is 60.9 Å². The van der Waals surface area contributed by atoms with Crippen molar-refractivity contribution in [2.24, 2.45) is 0 Å². The Morgan fingerprint density at radius 1 is 1.13 bits per heavy atom. The fraction of sp³-hybridized carbons (Fsp3) is 0.480. The molecule has 5 nitrogen and oxygen atoms in total. The van der Waals surface area contributed by atoms with E-state index in [4.69, 9.17) is 4.74 Å². The molecule has 2 aliphatic rings. The molecule has 0 saturated heterocycles. The third kappa shape index (κ3) is 4.05. The van der Waals surface area contributed by atoms with Crippen LogP contribution in [0, 0.1) is 6.92 Å². The molecule has 2 aliphatic carbocycles. The highest BCUT2D eigenvalue weighted by molar-refractivity contribution is 7.19. The second-order valence-corrected chi connectivity index (χ2v) is 10.0. The molecule has 0 radical (unpaired) electrons. The van der Waals surface area contributed by atoms with Gasteiger partial charge in [0.15, 0.2) is 0 Å². The van der Waals surface area contributed by atoms with Gasteiger partial charge in [0.25, 0.3) is 5.56 Å². The molecule has 6 heteroatoms. The van der Waals surface area contributed by atoms with Gasteiger partial charge in [0.1, 0.15) is 17.5 Å². The molecule has 0 bridgehead atoms. The second-order valence-electron chi connectivity index (χ2n) is 8.83. The summed E-state index contributed by atoms with van der Waals surface area (Å²) < 4.78 is 7.03. The molecule has 0 unspecified atom stereocenters. The normalized spacial score (nSPS) is 16.9. The van der Waals surface area contributed by atoms with Crippen molar-refractivity contribution in [2.45, 2.75) is 77.4 Å². The van der Waals surface area contributed by atoms with Gasteiger partial charge in [-0.05, 0) is 75.0 Å². The van der Waals surface area contributed by atoms with Crippen molar-refractivity contribution in [2.75, 3.05) is 0 Å². The van der Waals surface area contributed by atoms with Crippen LogP contribution < -0.4 is 5.56 Å². The third-order valence-corrected chi connectivity index (χ3v) is 7.65. The number of fused-ring (bicyclic) bond motifs is 2. The SMILES string of the molecule is Cc1sc2ncn(CC(=O)OC3CCCCC3)c(=O)c2c1-c1ccc2c(c1)CCCC2. The summed E-state index contributed by atoms with van der Waals surface area (Å²) in [6.45, 7) is 1.96. The lowest BCUT2D eigenvalue weighted by Crippen LogP contribution is -2.28. The van der Waals surface area contributed by atoms with Crippen molar-refractivity contribution in [3.8, 4) is 11.1 Å². The van der Waals surface area contributed by atoms with Crippen LogP contribution >= 0.6 is 11.3 Å². The topological polar surface area (TPSA) is 61.2 Å². The van der Waals surface area contributed by atoms with Gasteiger partial charge in [0, 0.05) is 10.4 Å². The Morgan fingerprint density at radius 2 is 1.90 bits per heavy atom. The maximum atomic E-state index is 13.4. The average Bonchev–Trinajstić information content (AvgIpc) is 3.12. The van der Waals surface area contributed by atoms with Crippen LogP contribution in [0.25, 0.3) is 21.3 Å². The molecule has 1 saturated carbocycles. The van der Waals surface area contributed by atoms with Crippen LogP contribution in [0.2, 0.25) is 0 Å². The zero-order chi connectivity index (χ0) is 21.4. The number of carbonyl (C=O) groups is 1. The van der Waals surface area contributed by atoms with Gasteiger partial charge in [-0.1, -0.05) is 24.6 Å². The Kier molecular flexibility index (Phi) is 5.65. The number of rotatable bonds is 4. The highest BCUT2D eigenvalue weighted by Crippen LogP contribution is 2.37. The van der Waals surface area contributed by atoms with E-state index < -0.39 is 0 Å². The smallest absolute Gasteiger partial charge is 0.326 e. The summed E-state index contributed by atoms with van der Waals surface area (Å²) in [6.07, 6.45) is 11.4. The molecule has 2 aromatic heterocycles. The van der Waals surface area contributed by atoms with Gasteiger partial charge in [-0.15, -0.1) is 11.3 Å². The van der Waals surface area contributed by atoms with E-state index in [0.29, 0.717) is 5.39 Å². The maximum absolute atomic E-state index is 13.4. The third-order valence-electron chi connectivity index (χ3n) is 6.64. The summed E-state index contributed by atoms with van der Waals surface area (Å²) in [5.41, 5.74) is 4.69. The summed E-state index contributed by atoms with van der Waals surface area (Å²) in [5, 5.41) is 0.617. The van der Waals surface area contributed by atoms with E-state index in [1.54, 1.807) is 11.3 Å². The first-order valence-electron chi connectivity index (χ1n) is 11.4. The van der Waals surface area contributed by atoms with Crippen molar-refractivity contribution in [3.63, 3.8) is 0 Å². The predicted octanol–water partition coefficient (Wildman–Crippen LogP) is 5.19. The molecule has 5 rings (SSSR count). The zero-order valence-electron chi connectivity index (χ0n) is 18.0. The second kappa shape index (κ2) is 8.58. The number of thiophene rings is 1. The molecule has 0 N–H and O–H groups in total. The molecular weight excluding hydrogens is 408 g/mol. The van der Waals surface area contributed by atoms with Crippen molar-refractivity contribution in [1.82, 2.24) is 9.55 Å². The summed E-state index contributed by atoms with van der Waals surface area (Å²) in [4.78, 5) is 32.2. The Bertz CT molecular complexity index is 1190. The maximum Gasteiger partial charge on any atom is 0.326 e. The molecule has 0 amide bonds. The van der Waals surface area contributed by atoms with E-state index in [2.05, 4.69) is 23.2 Å². The molecule has 0 atom stereocenters. The number of benzene rings is 1. The van der Waals surface area contributed by atoms with Crippen molar-refractivity contribution in [3.05, 3.63) is 50.9 Å². The monoisotopic (exact) mass is 436 g/mol. The van der Waals surface area contributed by atoms with Crippen molar-refractivity contribution in [1.29, 1.82) is 0 Å². The number of aromatic nitrogens is 2. The quantitative estimate of drug-likeness (QED) is 0.528. The largest absolute Gasteiger partial charge is 0.461 e. The Hall–Kier alpha value is -2.47. The molecular formula is C25H28N2O3S. The number of ether oxygens (including phenoxy) is 1. The fourth-order valence-electron chi connectivity index (χ4n) is 5.03. The van der Waals surface area contributed by atoms with Gasteiger partial charge >= 0.3 is 5.97 Å². The van der Waals surface area contributed by atoms with E-state index in [9.17, 15) is 9.59 Å². The lowest BCUT2D eigenvalue weighted by atomic mass is 9.89. The first kappa shape index (κ1) is 20.4. The van der Waals surface area contributed by atoms with Crippen LogP contribution in [-0.2, 0) is 28.9 Å². The Labute approximate surface area is 186 Å². The molecule has 0 aliphatic heterocycles. The minimum atomic E-state index is -0.350. The van der Waals surface area contributed by atoms with Crippen LogP contribution in [0.3, 0.4) is 0 Å². The van der Waals surface area contributed by atoms with E-state index in [-0.39, 0.29) is 24.2 Å². The average molecular weight is 437 g/mol. The first-order valence-corrected chi connectivity index (χ1v) is 12.2. The van der Waals surface area contributed by atoms with Gasteiger partial charge in [-0.2, -0.15) is 0 Å². The minimum absolute atomic E-state index is 0.0110. The van der Waals surface area contributed by atoms with Crippen LogP contribution in [0.4, 0.5) is 0 Å². The van der Waals surface area contributed by atoms with Crippen molar-refractivity contribution >= 4 is 27.5 Å². The van der Waals surface area contributed by atoms with Gasteiger partial charge in [-0.3, -0.25) is 14.2 Å². The lowest BCUT2D eigenvalue weighted by molar-refractivity contribution is -0.151. The highest BCUT2D eigenvalue weighted by Gasteiger charge is 2.21. The van der Waals surface area contributed by atoms with Crippen LogP contribution in [0.15, 0.2) is 29.3 Å². The van der Waals surface area contributed by atoms with Crippen molar-refractivity contribution < 1.29 is 9.53 Å². The predicted molar refractivity (Wildman–Crippen MR) is 124 cm³/mol. The number of carbonyl (C=O) groups excluding carboxylic acids is 1. The molecule has 162 valence electrons. The van der Waals surface area contributed by atoms with Gasteiger partial charge in [-0.25, -0.2) is 4.98 Å². The Morgan fingerprint density at radius 3 is 2.71 bits per heavy atom. The summed E-state index contributed by atoms with van der Waals surface area (Å²) in [7, 11) is 0. The molecule has 3 aromatic rings. The summed E-state index contributed by atoms with van der Waals surface area (Å²) >= 11 is 1.54. The van der Waals surface area contributed by atoms with E-state index in [1.165, 1.54) is 41.3 Å². The first-order chi connectivity index (χ1) is 15.1. The standard InChI is InChI=1S/C25H28N2O3S/c1-16-22(19-12-11-17-7-5-6-8-18(17)13-19)23-24(31-16)26-15-27(25(23)29)14-21(28)30-20-9-3-2-4-10-20/h11-13,15,20H,2-10,14H2,1H3.